The van der Waals surface area contributed by atoms with E-state index < -0.39 is 0 Å². The van der Waals surface area contributed by atoms with E-state index in [1.54, 1.807) is 31.2 Å². The number of carbonyl (C=O) groups excluding carboxylic acids is 1. The molecule has 4 nitrogen and oxygen atoms in total. The first-order valence-electron chi connectivity index (χ1n) is 9.66. The number of carbonyl (C=O) groups is 1. The number of phenols is 1. The van der Waals surface area contributed by atoms with Gasteiger partial charge in [-0.25, -0.2) is 4.39 Å². The van der Waals surface area contributed by atoms with Gasteiger partial charge in [0.05, 0.1) is 0 Å². The van der Waals surface area contributed by atoms with Crippen LogP contribution in [0.15, 0.2) is 36.4 Å². The Balaban J connectivity index is 1.49. The van der Waals surface area contributed by atoms with Gasteiger partial charge in [-0.3, -0.25) is 9.69 Å². The molecular weight excluding hydrogens is 379 g/mol. The largest absolute Gasteiger partial charge is 0.508 e. The van der Waals surface area contributed by atoms with Gasteiger partial charge in [0.1, 0.15) is 11.6 Å². The molecule has 1 fully saturated rings. The Morgan fingerprint density at radius 1 is 1.32 bits per heavy atom. The van der Waals surface area contributed by atoms with E-state index in [-0.39, 0.29) is 17.5 Å². The first kappa shape index (κ1) is 20.6. The number of hydrogen-bond acceptors (Lipinski definition) is 3. The molecule has 28 heavy (non-hydrogen) atoms. The Morgan fingerprint density at radius 3 is 2.93 bits per heavy atom. The Labute approximate surface area is 170 Å². The van der Waals surface area contributed by atoms with Crippen LogP contribution in [0.4, 0.5) is 10.1 Å². The number of benzene rings is 2. The van der Waals surface area contributed by atoms with Crippen molar-refractivity contribution in [3.63, 3.8) is 0 Å². The molecule has 1 saturated heterocycles. The second-order valence-electron chi connectivity index (χ2n) is 7.56. The van der Waals surface area contributed by atoms with E-state index in [4.69, 9.17) is 11.6 Å². The monoisotopic (exact) mass is 404 g/mol. The zero-order valence-electron chi connectivity index (χ0n) is 16.0. The standard InChI is InChI=1S/C22H26ClFN2O2/c1-15-11-19(24)6-7-20(15)25-22(28)9-4-16-3-2-10-26(13-16)14-17-12-18(23)5-8-21(17)27/h5-8,11-12,16,27H,2-4,9-10,13-14H2,1H3,(H,25,28)/t16-/m0/s1. The quantitative estimate of drug-likeness (QED) is 0.702. The molecule has 0 radical (unpaired) electrons. The third kappa shape index (κ3) is 5.69. The molecule has 0 unspecified atom stereocenters. The lowest BCUT2D eigenvalue weighted by atomic mass is 9.93. The zero-order valence-corrected chi connectivity index (χ0v) is 16.8. The number of likely N-dealkylation sites (tertiary alicyclic amines) is 1. The zero-order chi connectivity index (χ0) is 20.1. The normalized spacial score (nSPS) is 17.5. The van der Waals surface area contributed by atoms with Gasteiger partial charge in [0.2, 0.25) is 5.91 Å². The molecule has 6 heteroatoms. The van der Waals surface area contributed by atoms with Gasteiger partial charge in [-0.2, -0.15) is 0 Å². The topological polar surface area (TPSA) is 52.6 Å². The number of nitrogens with zero attached hydrogens (tertiary/aromatic N) is 1. The summed E-state index contributed by atoms with van der Waals surface area (Å²) < 4.78 is 13.2. The number of phenolic OH excluding ortho intramolecular Hbond substituents is 1. The molecular formula is C22H26ClFN2O2. The van der Waals surface area contributed by atoms with Crippen LogP contribution in [0.2, 0.25) is 5.02 Å². The SMILES string of the molecule is Cc1cc(F)ccc1NC(=O)CC[C@@H]1CCCN(Cc2cc(Cl)ccc2O)C1. The van der Waals surface area contributed by atoms with Gasteiger partial charge in [-0.05, 0) is 80.6 Å². The summed E-state index contributed by atoms with van der Waals surface area (Å²) in [6.07, 6.45) is 3.42. The minimum absolute atomic E-state index is 0.0423. The van der Waals surface area contributed by atoms with Crippen molar-refractivity contribution in [1.29, 1.82) is 0 Å². The van der Waals surface area contributed by atoms with Crippen molar-refractivity contribution in [2.75, 3.05) is 18.4 Å². The predicted molar refractivity (Wildman–Crippen MR) is 110 cm³/mol. The summed E-state index contributed by atoms with van der Waals surface area (Å²) in [5, 5.41) is 13.5. The number of piperidine rings is 1. The average molecular weight is 405 g/mol. The second-order valence-corrected chi connectivity index (χ2v) is 8.00. The summed E-state index contributed by atoms with van der Waals surface area (Å²) in [6, 6.07) is 9.48. The number of aryl methyl sites for hydroxylation is 1. The van der Waals surface area contributed by atoms with Gasteiger partial charge in [-0.15, -0.1) is 0 Å². The number of rotatable bonds is 6. The molecule has 0 bridgehead atoms. The molecule has 0 saturated carbocycles. The summed E-state index contributed by atoms with van der Waals surface area (Å²) >= 11 is 6.04. The predicted octanol–water partition coefficient (Wildman–Crippen LogP) is 5.12. The van der Waals surface area contributed by atoms with E-state index in [1.165, 1.54) is 12.1 Å². The average Bonchev–Trinajstić information content (AvgIpc) is 2.66. The maximum atomic E-state index is 13.2. The molecule has 1 aliphatic heterocycles. The molecule has 1 atom stereocenters. The van der Waals surface area contributed by atoms with Crippen molar-refractivity contribution in [2.24, 2.45) is 5.92 Å². The summed E-state index contributed by atoms with van der Waals surface area (Å²) in [7, 11) is 0. The van der Waals surface area contributed by atoms with Crippen molar-refractivity contribution in [2.45, 2.75) is 39.2 Å². The van der Waals surface area contributed by atoms with Gasteiger partial charge in [0.25, 0.3) is 0 Å². The summed E-state index contributed by atoms with van der Waals surface area (Å²) in [5.41, 5.74) is 2.21. The van der Waals surface area contributed by atoms with Gasteiger partial charge in [-0.1, -0.05) is 11.6 Å². The lowest BCUT2D eigenvalue weighted by Gasteiger charge is -2.33. The van der Waals surface area contributed by atoms with Crippen molar-refractivity contribution < 1.29 is 14.3 Å². The highest BCUT2D eigenvalue weighted by atomic mass is 35.5. The van der Waals surface area contributed by atoms with Crippen LogP contribution < -0.4 is 5.32 Å². The van der Waals surface area contributed by atoms with E-state index in [1.807, 2.05) is 0 Å². The summed E-state index contributed by atoms with van der Waals surface area (Å²) in [5.74, 6) is 0.360. The van der Waals surface area contributed by atoms with Crippen molar-refractivity contribution in [3.8, 4) is 5.75 Å². The highest BCUT2D eigenvalue weighted by Crippen LogP contribution is 2.27. The van der Waals surface area contributed by atoms with E-state index in [2.05, 4.69) is 10.2 Å². The molecule has 150 valence electrons. The lowest BCUT2D eigenvalue weighted by Crippen LogP contribution is -2.35. The molecule has 1 heterocycles. The molecule has 1 amide bonds. The fourth-order valence-electron chi connectivity index (χ4n) is 3.77. The fourth-order valence-corrected chi connectivity index (χ4v) is 3.96. The number of aromatic hydroxyl groups is 1. The van der Waals surface area contributed by atoms with Crippen LogP contribution in [0.3, 0.4) is 0 Å². The van der Waals surface area contributed by atoms with Crippen LogP contribution >= 0.6 is 11.6 Å². The molecule has 3 rings (SSSR count). The molecule has 0 aromatic heterocycles. The van der Waals surface area contributed by atoms with Crippen LogP contribution in [0.25, 0.3) is 0 Å². The van der Waals surface area contributed by atoms with Crippen LogP contribution in [0.5, 0.6) is 5.75 Å². The van der Waals surface area contributed by atoms with Crippen LogP contribution in [0, 0.1) is 18.7 Å². The fraction of sp³-hybridized carbons (Fsp3) is 0.409. The number of nitrogens with one attached hydrogen (secondary N) is 1. The molecule has 1 aliphatic rings. The van der Waals surface area contributed by atoms with Crippen LogP contribution in [-0.2, 0) is 11.3 Å². The van der Waals surface area contributed by atoms with Crippen molar-refractivity contribution in [1.82, 2.24) is 4.90 Å². The third-order valence-corrected chi connectivity index (χ3v) is 5.52. The van der Waals surface area contributed by atoms with Crippen LogP contribution in [-0.4, -0.2) is 29.0 Å². The van der Waals surface area contributed by atoms with Crippen molar-refractivity contribution >= 4 is 23.2 Å². The molecule has 0 spiro atoms. The van der Waals surface area contributed by atoms with Crippen molar-refractivity contribution in [3.05, 3.63) is 58.4 Å². The molecule has 2 aromatic carbocycles. The Kier molecular flexibility index (Phi) is 6.92. The van der Waals surface area contributed by atoms with E-state index in [9.17, 15) is 14.3 Å². The second kappa shape index (κ2) is 9.39. The summed E-state index contributed by atoms with van der Waals surface area (Å²) in [4.78, 5) is 14.6. The lowest BCUT2D eigenvalue weighted by molar-refractivity contribution is -0.116. The van der Waals surface area contributed by atoms with Crippen LogP contribution in [0.1, 0.15) is 36.8 Å². The summed E-state index contributed by atoms with van der Waals surface area (Å²) in [6.45, 7) is 4.31. The first-order chi connectivity index (χ1) is 13.4. The van der Waals surface area contributed by atoms with Gasteiger partial charge in [0.15, 0.2) is 0 Å². The third-order valence-electron chi connectivity index (χ3n) is 5.28. The first-order valence-corrected chi connectivity index (χ1v) is 10.0. The van der Waals surface area contributed by atoms with Gasteiger partial charge in [0, 0.05) is 35.8 Å². The smallest absolute Gasteiger partial charge is 0.224 e. The highest BCUT2D eigenvalue weighted by Gasteiger charge is 2.21. The van der Waals surface area contributed by atoms with Gasteiger partial charge < -0.3 is 10.4 Å². The minimum Gasteiger partial charge on any atom is -0.508 e. The number of amides is 1. The molecule has 0 aliphatic carbocycles. The van der Waals surface area contributed by atoms with E-state index in [0.717, 1.165) is 43.5 Å². The maximum Gasteiger partial charge on any atom is 0.224 e. The minimum atomic E-state index is -0.302. The maximum absolute atomic E-state index is 13.2. The molecule has 2 aromatic rings. The van der Waals surface area contributed by atoms with Gasteiger partial charge >= 0.3 is 0 Å². The Hall–Kier alpha value is -2.11. The number of anilines is 1. The molecule has 2 N–H and O–H groups in total. The van der Waals surface area contributed by atoms with E-state index in [0.29, 0.717) is 29.6 Å². The Morgan fingerprint density at radius 2 is 2.14 bits per heavy atom. The Bertz CT molecular complexity index is 843. The number of hydrogen-bond donors (Lipinski definition) is 2. The highest BCUT2D eigenvalue weighted by molar-refractivity contribution is 6.30. The number of halogens is 2. The van der Waals surface area contributed by atoms with E-state index >= 15 is 0 Å².